The van der Waals surface area contributed by atoms with Gasteiger partial charge >= 0.3 is 0 Å². The molecule has 0 aliphatic rings. The second-order valence-corrected chi connectivity index (χ2v) is 12.6. The van der Waals surface area contributed by atoms with Crippen LogP contribution in [0, 0.1) is 55.4 Å². The zero-order valence-corrected chi connectivity index (χ0v) is 27.7. The Labute approximate surface area is 264 Å². The molecule has 5 aromatic rings. The van der Waals surface area contributed by atoms with E-state index in [0.717, 1.165) is 11.3 Å². The van der Waals surface area contributed by atoms with Gasteiger partial charge in [-0.15, -0.1) is 0 Å². The van der Waals surface area contributed by atoms with Crippen LogP contribution in [0.25, 0.3) is 22.8 Å². The Bertz CT molecular complexity index is 1820. The summed E-state index contributed by atoms with van der Waals surface area (Å²) in [6.45, 7) is 17.5. The standard InChI is InChI=1S/C43H44O/c1-27-14-28(2)19-35(18-27)26-41(37-20-29(3)15-30(4)21-37)43(39-24-33(7)17-34(8)25-39)42(36-10-12-40(44-9)13-11-36)38-22-31(5)16-32(6)23-38/h10-26H,1-9H3/b41-26-,43-42+. The zero-order chi connectivity index (χ0) is 31.5. The molecule has 0 fully saturated rings. The SMILES string of the molecule is COc1ccc(/C(=C(\C(=C/c2cc(C)cc(C)c2)c2cc(C)cc(C)c2)c2cc(C)cc(C)c2)c2cc(C)cc(C)c2)cc1. The topological polar surface area (TPSA) is 9.23 Å². The summed E-state index contributed by atoms with van der Waals surface area (Å²) in [5.41, 5.74) is 19.6. The predicted molar refractivity (Wildman–Crippen MR) is 190 cm³/mol. The molecule has 0 aliphatic heterocycles. The van der Waals surface area contributed by atoms with Crippen molar-refractivity contribution in [1.29, 1.82) is 0 Å². The average Bonchev–Trinajstić information content (AvgIpc) is 2.93. The third-order valence-corrected chi connectivity index (χ3v) is 8.01. The highest BCUT2D eigenvalue weighted by Gasteiger charge is 2.21. The van der Waals surface area contributed by atoms with Gasteiger partial charge in [0.1, 0.15) is 5.75 Å². The van der Waals surface area contributed by atoms with Crippen LogP contribution in [0.4, 0.5) is 0 Å². The Kier molecular flexibility index (Phi) is 9.06. The summed E-state index contributed by atoms with van der Waals surface area (Å²) in [6, 6.07) is 36.1. The molecule has 1 heteroatoms. The van der Waals surface area contributed by atoms with Crippen molar-refractivity contribution in [3.63, 3.8) is 0 Å². The minimum atomic E-state index is 0.849. The Hall–Kier alpha value is -4.62. The van der Waals surface area contributed by atoms with Gasteiger partial charge in [0, 0.05) is 0 Å². The van der Waals surface area contributed by atoms with Gasteiger partial charge in [-0.25, -0.2) is 0 Å². The summed E-state index contributed by atoms with van der Waals surface area (Å²) in [4.78, 5) is 0. The van der Waals surface area contributed by atoms with Gasteiger partial charge in [0.05, 0.1) is 7.11 Å². The second kappa shape index (κ2) is 12.9. The van der Waals surface area contributed by atoms with E-state index >= 15 is 0 Å². The number of benzene rings is 5. The van der Waals surface area contributed by atoms with E-state index in [1.54, 1.807) is 7.11 Å². The molecule has 0 spiro atoms. The van der Waals surface area contributed by atoms with E-state index in [-0.39, 0.29) is 0 Å². The number of ether oxygens (including phenoxy) is 1. The van der Waals surface area contributed by atoms with Crippen molar-refractivity contribution >= 4 is 22.8 Å². The third kappa shape index (κ3) is 7.12. The van der Waals surface area contributed by atoms with Crippen LogP contribution in [0.2, 0.25) is 0 Å². The van der Waals surface area contributed by atoms with Gasteiger partial charge in [-0.05, 0) is 118 Å². The first kappa shape index (κ1) is 30.8. The lowest BCUT2D eigenvalue weighted by atomic mass is 9.80. The maximum Gasteiger partial charge on any atom is 0.118 e. The van der Waals surface area contributed by atoms with Crippen LogP contribution >= 0.6 is 0 Å². The van der Waals surface area contributed by atoms with Gasteiger partial charge < -0.3 is 4.74 Å². The van der Waals surface area contributed by atoms with Crippen molar-refractivity contribution in [3.8, 4) is 5.75 Å². The van der Waals surface area contributed by atoms with Crippen LogP contribution in [0.5, 0.6) is 5.75 Å². The van der Waals surface area contributed by atoms with E-state index in [9.17, 15) is 0 Å². The Morgan fingerprint density at radius 3 is 1.25 bits per heavy atom. The van der Waals surface area contributed by atoms with Crippen LogP contribution in [0.1, 0.15) is 72.3 Å². The molecule has 222 valence electrons. The number of allylic oxidation sites excluding steroid dienone is 2. The summed E-state index contributed by atoms with van der Waals surface area (Å²) in [5, 5.41) is 0. The zero-order valence-electron chi connectivity index (χ0n) is 27.7. The molecular formula is C43H44O. The van der Waals surface area contributed by atoms with Gasteiger partial charge in [-0.1, -0.05) is 129 Å². The summed E-state index contributed by atoms with van der Waals surface area (Å²) < 4.78 is 5.59. The predicted octanol–water partition coefficient (Wildman–Crippen LogP) is 11.4. The Morgan fingerprint density at radius 2 is 0.818 bits per heavy atom. The molecule has 0 atom stereocenters. The lowest BCUT2D eigenvalue weighted by Crippen LogP contribution is -2.01. The Balaban J connectivity index is 2.02. The van der Waals surface area contributed by atoms with E-state index in [1.165, 1.54) is 83.5 Å². The van der Waals surface area contributed by atoms with Crippen LogP contribution in [0.3, 0.4) is 0 Å². The molecule has 1 nitrogen and oxygen atoms in total. The molecule has 0 saturated carbocycles. The van der Waals surface area contributed by atoms with E-state index in [1.807, 2.05) is 0 Å². The lowest BCUT2D eigenvalue weighted by molar-refractivity contribution is 0.415. The van der Waals surface area contributed by atoms with Crippen molar-refractivity contribution < 1.29 is 4.74 Å². The van der Waals surface area contributed by atoms with Gasteiger partial charge in [-0.3, -0.25) is 0 Å². The van der Waals surface area contributed by atoms with Gasteiger partial charge in [-0.2, -0.15) is 0 Å². The molecule has 0 amide bonds. The monoisotopic (exact) mass is 576 g/mol. The molecule has 0 saturated heterocycles. The van der Waals surface area contributed by atoms with Crippen molar-refractivity contribution in [3.05, 3.63) is 169 Å². The minimum absolute atomic E-state index is 0.849. The number of hydrogen-bond donors (Lipinski definition) is 0. The number of hydrogen-bond acceptors (Lipinski definition) is 1. The van der Waals surface area contributed by atoms with E-state index in [0.29, 0.717) is 0 Å². The molecule has 0 N–H and O–H groups in total. The van der Waals surface area contributed by atoms with Crippen LogP contribution < -0.4 is 4.74 Å². The summed E-state index contributed by atoms with van der Waals surface area (Å²) in [7, 11) is 1.72. The number of methoxy groups -OCH3 is 1. The van der Waals surface area contributed by atoms with Crippen molar-refractivity contribution in [1.82, 2.24) is 0 Å². The highest BCUT2D eigenvalue weighted by molar-refractivity contribution is 6.21. The number of rotatable bonds is 7. The van der Waals surface area contributed by atoms with Crippen molar-refractivity contribution in [2.24, 2.45) is 0 Å². The highest BCUT2D eigenvalue weighted by atomic mass is 16.5. The smallest absolute Gasteiger partial charge is 0.118 e. The lowest BCUT2D eigenvalue weighted by Gasteiger charge is -2.23. The summed E-state index contributed by atoms with van der Waals surface area (Å²) in [6.07, 6.45) is 2.40. The first-order valence-electron chi connectivity index (χ1n) is 15.4. The highest BCUT2D eigenvalue weighted by Crippen LogP contribution is 2.43. The molecule has 0 heterocycles. The van der Waals surface area contributed by atoms with Crippen molar-refractivity contribution in [2.75, 3.05) is 7.11 Å². The van der Waals surface area contributed by atoms with Crippen molar-refractivity contribution in [2.45, 2.75) is 55.4 Å². The van der Waals surface area contributed by atoms with Gasteiger partial charge in [0.15, 0.2) is 0 Å². The molecule has 44 heavy (non-hydrogen) atoms. The first-order chi connectivity index (χ1) is 21.0. The molecule has 5 aromatic carbocycles. The first-order valence-corrected chi connectivity index (χ1v) is 15.4. The molecule has 0 aliphatic carbocycles. The maximum atomic E-state index is 5.59. The minimum Gasteiger partial charge on any atom is -0.497 e. The fourth-order valence-electron chi connectivity index (χ4n) is 6.58. The van der Waals surface area contributed by atoms with E-state index in [4.69, 9.17) is 4.74 Å². The van der Waals surface area contributed by atoms with E-state index < -0.39 is 0 Å². The molecule has 0 unspecified atom stereocenters. The molecule has 5 rings (SSSR count). The number of aryl methyl sites for hydroxylation is 8. The van der Waals surface area contributed by atoms with Crippen LogP contribution in [-0.2, 0) is 0 Å². The Morgan fingerprint density at radius 1 is 0.432 bits per heavy atom. The quantitative estimate of drug-likeness (QED) is 0.138. The van der Waals surface area contributed by atoms with Gasteiger partial charge in [0.25, 0.3) is 0 Å². The normalized spacial score (nSPS) is 12.2. The second-order valence-electron chi connectivity index (χ2n) is 12.6. The summed E-state index contributed by atoms with van der Waals surface area (Å²) >= 11 is 0. The van der Waals surface area contributed by atoms with Crippen LogP contribution in [0.15, 0.2) is 97.1 Å². The van der Waals surface area contributed by atoms with Gasteiger partial charge in [0.2, 0.25) is 0 Å². The fourth-order valence-corrected chi connectivity index (χ4v) is 6.58. The van der Waals surface area contributed by atoms with E-state index in [2.05, 4.69) is 159 Å². The third-order valence-electron chi connectivity index (χ3n) is 8.01. The molecule has 0 aromatic heterocycles. The maximum absolute atomic E-state index is 5.59. The average molecular weight is 577 g/mol. The largest absolute Gasteiger partial charge is 0.497 e. The summed E-state index contributed by atoms with van der Waals surface area (Å²) in [5.74, 6) is 0.849. The molecule has 0 bridgehead atoms. The fraction of sp³-hybridized carbons (Fsp3) is 0.209. The molecule has 0 radical (unpaired) electrons. The molecular weight excluding hydrogens is 532 g/mol. The van der Waals surface area contributed by atoms with Crippen LogP contribution in [-0.4, -0.2) is 7.11 Å².